The lowest BCUT2D eigenvalue weighted by atomic mass is 9.85. The lowest BCUT2D eigenvalue weighted by Crippen LogP contribution is -2.41. The van der Waals surface area contributed by atoms with Gasteiger partial charge in [0, 0.05) is 18.2 Å². The smallest absolute Gasteiger partial charge is 0.164 e. The summed E-state index contributed by atoms with van der Waals surface area (Å²) in [6, 6.07) is 4.36. The van der Waals surface area contributed by atoms with Crippen molar-refractivity contribution in [1.29, 1.82) is 0 Å². The predicted molar refractivity (Wildman–Crippen MR) is 75.4 cm³/mol. The Bertz CT molecular complexity index is 452. The highest BCUT2D eigenvalue weighted by molar-refractivity contribution is 5.21. The lowest BCUT2D eigenvalue weighted by Gasteiger charge is -2.37. The summed E-state index contributed by atoms with van der Waals surface area (Å²) in [6.07, 6.45) is 3.76. The normalized spacial score (nSPS) is 24.9. The van der Waals surface area contributed by atoms with Gasteiger partial charge in [-0.2, -0.15) is 0 Å². The van der Waals surface area contributed by atoms with Gasteiger partial charge in [-0.1, -0.05) is 31.9 Å². The zero-order valence-corrected chi connectivity index (χ0v) is 12.1. The van der Waals surface area contributed by atoms with Crippen LogP contribution in [0.3, 0.4) is 0 Å². The summed E-state index contributed by atoms with van der Waals surface area (Å²) in [5.74, 6) is -1.27. The van der Waals surface area contributed by atoms with Crippen LogP contribution >= 0.6 is 0 Å². The van der Waals surface area contributed by atoms with E-state index in [-0.39, 0.29) is 5.56 Å². The summed E-state index contributed by atoms with van der Waals surface area (Å²) in [6.45, 7) is 2.55. The van der Waals surface area contributed by atoms with Crippen LogP contribution in [0.1, 0.15) is 44.3 Å². The molecule has 0 spiro atoms. The summed E-state index contributed by atoms with van der Waals surface area (Å²) >= 11 is 0. The molecule has 1 N–H and O–H groups in total. The minimum Gasteiger partial charge on any atom is -0.387 e. The van der Waals surface area contributed by atoms with Gasteiger partial charge < -0.3 is 10.0 Å². The minimum atomic E-state index is -0.996. The number of benzene rings is 1. The summed E-state index contributed by atoms with van der Waals surface area (Å²) in [5, 5.41) is 10.2. The first-order chi connectivity index (χ1) is 9.50. The zero-order valence-electron chi connectivity index (χ0n) is 12.1. The number of nitrogens with zero attached hydrogens (tertiary/aromatic N) is 1. The van der Waals surface area contributed by atoms with Gasteiger partial charge in [-0.05, 0) is 31.9 Å². The molecular formula is C16H23F2NO. The Morgan fingerprint density at radius 2 is 2.00 bits per heavy atom. The number of hydrogen-bond donors (Lipinski definition) is 1. The molecule has 0 bridgehead atoms. The number of halogens is 2. The van der Waals surface area contributed by atoms with Crippen LogP contribution < -0.4 is 0 Å². The molecule has 1 saturated carbocycles. The van der Waals surface area contributed by atoms with E-state index in [4.69, 9.17) is 0 Å². The van der Waals surface area contributed by atoms with Crippen molar-refractivity contribution >= 4 is 0 Å². The molecular weight excluding hydrogens is 260 g/mol. The molecule has 1 aromatic rings. The molecule has 0 amide bonds. The number of hydrogen-bond acceptors (Lipinski definition) is 2. The number of aliphatic hydroxyl groups excluding tert-OH is 1. The van der Waals surface area contributed by atoms with Crippen molar-refractivity contribution in [2.45, 2.75) is 44.8 Å². The van der Waals surface area contributed by atoms with Gasteiger partial charge in [0.1, 0.15) is 0 Å². The molecule has 0 radical (unpaired) electrons. The van der Waals surface area contributed by atoms with Crippen LogP contribution in [0.2, 0.25) is 0 Å². The highest BCUT2D eigenvalue weighted by Crippen LogP contribution is 2.29. The first-order valence-electron chi connectivity index (χ1n) is 7.33. The molecule has 1 aliphatic rings. The third-order valence-electron chi connectivity index (χ3n) is 4.43. The van der Waals surface area contributed by atoms with Gasteiger partial charge in [0.25, 0.3) is 0 Å². The summed E-state index contributed by atoms with van der Waals surface area (Å²) in [4.78, 5) is 2.08. The van der Waals surface area contributed by atoms with E-state index in [0.717, 1.165) is 12.5 Å². The average Bonchev–Trinajstić information content (AvgIpc) is 2.42. The fraction of sp³-hybridized carbons (Fsp3) is 0.625. The second kappa shape index (κ2) is 6.64. The van der Waals surface area contributed by atoms with Gasteiger partial charge in [0.15, 0.2) is 11.6 Å². The number of aliphatic hydroxyl groups is 1. The van der Waals surface area contributed by atoms with E-state index in [2.05, 4.69) is 11.8 Å². The molecule has 20 heavy (non-hydrogen) atoms. The van der Waals surface area contributed by atoms with Crippen LogP contribution in [0.5, 0.6) is 0 Å². The fourth-order valence-electron chi connectivity index (χ4n) is 3.24. The second-order valence-corrected chi connectivity index (χ2v) is 5.93. The average molecular weight is 283 g/mol. The van der Waals surface area contributed by atoms with Crippen molar-refractivity contribution in [3.63, 3.8) is 0 Å². The highest BCUT2D eigenvalue weighted by Gasteiger charge is 2.27. The Kier molecular flexibility index (Phi) is 5.11. The Hall–Kier alpha value is -1.00. The fourth-order valence-corrected chi connectivity index (χ4v) is 3.24. The van der Waals surface area contributed by atoms with Gasteiger partial charge in [-0.3, -0.25) is 0 Å². The topological polar surface area (TPSA) is 23.5 Å². The van der Waals surface area contributed by atoms with Gasteiger partial charge in [-0.15, -0.1) is 0 Å². The summed E-state index contributed by atoms with van der Waals surface area (Å²) < 4.78 is 26.9. The van der Waals surface area contributed by atoms with Crippen molar-refractivity contribution in [1.82, 2.24) is 4.90 Å². The van der Waals surface area contributed by atoms with E-state index in [1.807, 2.05) is 7.05 Å². The zero-order chi connectivity index (χ0) is 14.7. The van der Waals surface area contributed by atoms with Gasteiger partial charge in [-0.25, -0.2) is 8.78 Å². The molecule has 2 nitrogen and oxygen atoms in total. The van der Waals surface area contributed by atoms with Crippen molar-refractivity contribution in [3.05, 3.63) is 35.4 Å². The summed E-state index contributed by atoms with van der Waals surface area (Å²) in [5.41, 5.74) is 0.0420. The van der Waals surface area contributed by atoms with Gasteiger partial charge in [0.05, 0.1) is 6.10 Å². The van der Waals surface area contributed by atoms with Crippen molar-refractivity contribution in [3.8, 4) is 0 Å². The first-order valence-corrected chi connectivity index (χ1v) is 7.33. The maximum Gasteiger partial charge on any atom is 0.164 e. The number of likely N-dealkylation sites (N-methyl/N-ethyl adjacent to an activating group) is 1. The monoisotopic (exact) mass is 283 g/mol. The Balaban J connectivity index is 2.03. The van der Waals surface area contributed by atoms with Crippen LogP contribution in [0.25, 0.3) is 0 Å². The van der Waals surface area contributed by atoms with E-state index in [1.165, 1.54) is 31.4 Å². The van der Waals surface area contributed by atoms with Crippen LogP contribution in [-0.4, -0.2) is 29.6 Å². The van der Waals surface area contributed by atoms with E-state index in [0.29, 0.717) is 18.5 Å². The van der Waals surface area contributed by atoms with Crippen molar-refractivity contribution in [2.75, 3.05) is 13.6 Å². The molecule has 0 heterocycles. The maximum absolute atomic E-state index is 13.7. The van der Waals surface area contributed by atoms with E-state index in [1.54, 1.807) is 0 Å². The van der Waals surface area contributed by atoms with Crippen LogP contribution in [0, 0.1) is 17.6 Å². The first kappa shape index (κ1) is 15.4. The Morgan fingerprint density at radius 1 is 1.30 bits per heavy atom. The van der Waals surface area contributed by atoms with Crippen LogP contribution in [-0.2, 0) is 0 Å². The molecule has 0 aliphatic heterocycles. The number of rotatable bonds is 4. The summed E-state index contributed by atoms with van der Waals surface area (Å²) in [7, 11) is 1.95. The molecule has 3 unspecified atom stereocenters. The third kappa shape index (κ3) is 3.36. The van der Waals surface area contributed by atoms with Crippen molar-refractivity contribution < 1.29 is 13.9 Å². The standard InChI is InChI=1S/C16H23F2NO/c1-11-6-3-4-9-14(11)19(2)10-15(20)12-7-5-8-13(17)16(12)18/h5,7-8,11,14-15,20H,3-4,6,9-10H2,1-2H3. The van der Waals surface area contributed by atoms with E-state index < -0.39 is 17.7 Å². The van der Waals surface area contributed by atoms with Crippen LogP contribution in [0.4, 0.5) is 8.78 Å². The van der Waals surface area contributed by atoms with E-state index in [9.17, 15) is 13.9 Å². The van der Waals surface area contributed by atoms with Crippen molar-refractivity contribution in [2.24, 2.45) is 5.92 Å². The third-order valence-corrected chi connectivity index (χ3v) is 4.43. The lowest BCUT2D eigenvalue weighted by molar-refractivity contribution is 0.0689. The second-order valence-electron chi connectivity index (χ2n) is 5.93. The SMILES string of the molecule is CC1CCCCC1N(C)CC(O)c1cccc(F)c1F. The van der Waals surface area contributed by atoms with Gasteiger partial charge >= 0.3 is 0 Å². The molecule has 0 saturated heterocycles. The largest absolute Gasteiger partial charge is 0.387 e. The molecule has 3 atom stereocenters. The minimum absolute atomic E-state index is 0.0420. The van der Waals surface area contributed by atoms with E-state index >= 15 is 0 Å². The van der Waals surface area contributed by atoms with Crippen LogP contribution in [0.15, 0.2) is 18.2 Å². The molecule has 1 aromatic carbocycles. The quantitative estimate of drug-likeness (QED) is 0.914. The molecule has 112 valence electrons. The highest BCUT2D eigenvalue weighted by atomic mass is 19.2. The van der Waals surface area contributed by atoms with Gasteiger partial charge in [0.2, 0.25) is 0 Å². The maximum atomic E-state index is 13.7. The molecule has 0 aromatic heterocycles. The molecule has 4 heteroatoms. The molecule has 1 aliphatic carbocycles. The predicted octanol–water partition coefficient (Wildman–Crippen LogP) is 3.51. The Morgan fingerprint density at radius 3 is 2.70 bits per heavy atom. The molecule has 1 fully saturated rings. The molecule has 2 rings (SSSR count). The Labute approximate surface area is 119 Å².